The summed E-state index contributed by atoms with van der Waals surface area (Å²) in [6.07, 6.45) is 0. The summed E-state index contributed by atoms with van der Waals surface area (Å²) in [7, 11) is 0. The molecule has 2 heterocycles. The van der Waals surface area contributed by atoms with Crippen LogP contribution in [-0.4, -0.2) is 4.57 Å². The number of benzene rings is 23. The Bertz CT molecular complexity index is 9410. The van der Waals surface area contributed by atoms with E-state index in [1.165, 1.54) is 219 Å². The van der Waals surface area contributed by atoms with Crippen molar-refractivity contribution in [3.63, 3.8) is 0 Å². The first-order valence-corrected chi connectivity index (χ1v) is 51.8. The highest BCUT2D eigenvalue weighted by Gasteiger charge is 2.49. The Labute approximate surface area is 855 Å². The molecule has 4 aliphatic rings. The van der Waals surface area contributed by atoms with E-state index < -0.39 is 10.8 Å². The highest BCUT2D eigenvalue weighted by Crippen LogP contribution is 2.62. The zero-order chi connectivity index (χ0) is 97.1. The number of aromatic nitrogens is 1. The van der Waals surface area contributed by atoms with Gasteiger partial charge in [-0.1, -0.05) is 416 Å². The van der Waals surface area contributed by atoms with Crippen molar-refractivity contribution in [2.45, 2.75) is 49.4 Å². The quantitative estimate of drug-likeness (QED) is 0.101. The number of hydrogen-bond donors (Lipinski definition) is 0. The third kappa shape index (κ3) is 13.5. The molecule has 0 aliphatic heterocycles. The van der Waals surface area contributed by atoms with Gasteiger partial charge in [0.15, 0.2) is 0 Å². The van der Waals surface area contributed by atoms with Crippen LogP contribution in [0.5, 0.6) is 0 Å². The molecule has 0 bridgehead atoms. The lowest BCUT2D eigenvalue weighted by molar-refractivity contribution is 0.660. The van der Waals surface area contributed by atoms with E-state index in [2.05, 4.69) is 570 Å². The zero-order valence-electron chi connectivity index (χ0n) is 81.5. The van der Waals surface area contributed by atoms with Crippen LogP contribution in [0.3, 0.4) is 0 Å². The molecule has 4 aliphatic carbocycles. The Balaban J connectivity index is 0.000000142. The van der Waals surface area contributed by atoms with Gasteiger partial charge in [0, 0.05) is 81.6 Å². The van der Waals surface area contributed by atoms with Crippen molar-refractivity contribution in [2.24, 2.45) is 0 Å². The second kappa shape index (κ2) is 34.0. The van der Waals surface area contributed by atoms with E-state index in [9.17, 15) is 0 Å². The Hall–Kier alpha value is -17.8. The second-order valence-electron chi connectivity index (χ2n) is 40.9. The summed E-state index contributed by atoms with van der Waals surface area (Å²) in [5.74, 6) is 0. The maximum absolute atomic E-state index is 2.48. The van der Waals surface area contributed by atoms with Crippen LogP contribution in [0.2, 0.25) is 0 Å². The fourth-order valence-corrected chi connectivity index (χ4v) is 26.5. The average Bonchev–Trinajstić information content (AvgIpc) is 1.54. The Morgan fingerprint density at radius 1 is 0.178 bits per heavy atom. The van der Waals surface area contributed by atoms with Gasteiger partial charge in [-0.25, -0.2) is 0 Å². The third-order valence-electron chi connectivity index (χ3n) is 32.4. The predicted molar refractivity (Wildman–Crippen MR) is 616 cm³/mol. The normalized spacial score (nSPS) is 13.7. The molecule has 29 rings (SSSR count). The third-order valence-corrected chi connectivity index (χ3v) is 33.6. The second-order valence-corrected chi connectivity index (χ2v) is 41.9. The maximum atomic E-state index is 2.48. The Morgan fingerprint density at radius 2 is 0.473 bits per heavy atom. The first-order chi connectivity index (χ1) is 71.9. The molecule has 688 valence electrons. The van der Waals surface area contributed by atoms with Gasteiger partial charge in [-0.3, -0.25) is 0 Å². The first-order valence-electron chi connectivity index (χ1n) is 51.0. The molecule has 0 saturated carbocycles. The predicted octanol–water partition coefficient (Wildman–Crippen LogP) is 38.1. The van der Waals surface area contributed by atoms with Crippen LogP contribution >= 0.6 is 11.3 Å². The van der Waals surface area contributed by atoms with Crippen molar-refractivity contribution in [2.75, 3.05) is 9.80 Å². The van der Waals surface area contributed by atoms with Crippen molar-refractivity contribution in [3.8, 4) is 94.7 Å². The molecule has 0 saturated heterocycles. The average molecular weight is 1880 g/mol. The van der Waals surface area contributed by atoms with E-state index in [1.54, 1.807) is 0 Å². The van der Waals surface area contributed by atoms with Crippen LogP contribution in [0.1, 0.15) is 94.5 Å². The van der Waals surface area contributed by atoms with E-state index in [0.717, 1.165) is 39.8 Å². The van der Waals surface area contributed by atoms with Gasteiger partial charge in [0.25, 0.3) is 0 Å². The van der Waals surface area contributed by atoms with Crippen LogP contribution in [0.25, 0.3) is 158 Å². The minimum Gasteiger partial charge on any atom is -0.310 e. The molecule has 23 aromatic carbocycles. The van der Waals surface area contributed by atoms with Crippen molar-refractivity contribution in [3.05, 3.63) is 595 Å². The van der Waals surface area contributed by atoms with Crippen LogP contribution < -0.4 is 9.80 Å². The molecule has 2 aromatic heterocycles. The topological polar surface area (TPSA) is 11.4 Å². The number of fused-ring (bicyclic) bond motifs is 20. The van der Waals surface area contributed by atoms with E-state index in [0.29, 0.717) is 0 Å². The smallest absolute Gasteiger partial charge is 0.0713 e. The first kappa shape index (κ1) is 86.1. The highest BCUT2D eigenvalue weighted by molar-refractivity contribution is 7.25. The molecule has 0 unspecified atom stereocenters. The van der Waals surface area contributed by atoms with Crippen molar-refractivity contribution < 1.29 is 0 Å². The lowest BCUT2D eigenvalue weighted by Crippen LogP contribution is -2.28. The lowest BCUT2D eigenvalue weighted by Gasteiger charge is -2.34. The molecule has 3 nitrogen and oxygen atoms in total. The van der Waals surface area contributed by atoms with Crippen LogP contribution in [0, 0.1) is 0 Å². The fourth-order valence-electron chi connectivity index (χ4n) is 25.4. The largest absolute Gasteiger partial charge is 0.310 e. The molecule has 25 aromatic rings. The molecular formula is C142H99N3S. The Morgan fingerprint density at radius 3 is 0.925 bits per heavy atom. The number of thiophene rings is 1. The maximum Gasteiger partial charge on any atom is 0.0713 e. The van der Waals surface area contributed by atoms with Crippen molar-refractivity contribution >= 4 is 109 Å². The van der Waals surface area contributed by atoms with Crippen molar-refractivity contribution in [1.29, 1.82) is 0 Å². The molecule has 0 amide bonds. The molecule has 0 radical (unpaired) electrons. The van der Waals surface area contributed by atoms with Gasteiger partial charge in [0.2, 0.25) is 0 Å². The molecular weight excluding hydrogens is 1780 g/mol. The lowest BCUT2D eigenvalue weighted by atomic mass is 9.68. The standard InChI is InChI=1S/C74H52N2.C68H47NS/c1-73(2)69-46-54(53-30-29-49-17-9-10-18-52(49)45-53)35-42-62(69)63-43-40-60(48-70(63)73)75(57-36-31-50(32-37-57)51-33-38-58(39-34-51)76-71-27-15-12-24-64(71)65-25-13-16-28-72(65)76)59-41-44-68-66(47-59)61-23-11-14-26-67(61)74(68,55-19-5-3-6-20-55)56-21-7-4-8-22-56;1-67(2)63-41-49(47-26-25-44-15-9-10-16-46(44)39-47)29-35-56(63)57-36-33-54(43-64(57)67)69(52-31-27-45(28-32-52)48-30-38-66-60(40-48)58-22-12-14-24-65(58)70-66)53-34-37-62-59(42-53)55-21-11-13-23-61(55)68(62,50-17-5-3-6-18-50)51-19-7-4-8-20-51/h3-48H,1-2H3;3-43H,1-2H3. The summed E-state index contributed by atoms with van der Waals surface area (Å²) >= 11 is 1.87. The zero-order valence-corrected chi connectivity index (χ0v) is 82.3. The minimum atomic E-state index is -0.481. The van der Waals surface area contributed by atoms with Crippen molar-refractivity contribution in [1.82, 2.24) is 4.57 Å². The molecule has 0 spiro atoms. The number of hydrogen-bond acceptors (Lipinski definition) is 3. The van der Waals surface area contributed by atoms with Gasteiger partial charge in [-0.2, -0.15) is 0 Å². The van der Waals surface area contributed by atoms with Crippen LogP contribution in [-0.2, 0) is 21.7 Å². The van der Waals surface area contributed by atoms with Gasteiger partial charge < -0.3 is 14.4 Å². The fraction of sp³-hybridized carbons (Fsp3) is 0.0563. The molecule has 0 atom stereocenters. The van der Waals surface area contributed by atoms with Gasteiger partial charge in [0.05, 0.1) is 21.9 Å². The highest BCUT2D eigenvalue weighted by atomic mass is 32.1. The van der Waals surface area contributed by atoms with Gasteiger partial charge in [-0.05, 0) is 317 Å². The number of para-hydroxylation sites is 2. The summed E-state index contributed by atoms with van der Waals surface area (Å²) in [5.41, 5.74) is 44.6. The number of rotatable bonds is 15. The van der Waals surface area contributed by atoms with Gasteiger partial charge in [0.1, 0.15) is 0 Å². The summed E-state index contributed by atoms with van der Waals surface area (Å²) in [5, 5.41) is 10.2. The van der Waals surface area contributed by atoms with Crippen LogP contribution in [0.15, 0.2) is 528 Å². The SMILES string of the molecule is CC1(C)c2cc(-c3ccc4ccccc4c3)ccc2-c2ccc(N(c3ccc(-c4ccc(-n5c6ccccc6c6ccccc65)cc4)cc3)c3ccc4c(c3)-c3ccccc3C4(c3ccccc3)c3ccccc3)cc21.CC1(C)c2cc(-c3ccc4ccccc4c3)ccc2-c2ccc(N(c3ccc(-c4ccc5sc6ccccc6c5c4)cc3)c3ccc4c(c3)-c3ccccc3C4(c3ccccc3)c3ccccc3)cc21. The minimum absolute atomic E-state index is 0.227. The Kier molecular flexibility index (Phi) is 20.0. The summed E-state index contributed by atoms with van der Waals surface area (Å²) in [6, 6.07) is 197. The summed E-state index contributed by atoms with van der Waals surface area (Å²) in [6.45, 7) is 9.60. The molecule has 0 N–H and O–H groups in total. The molecule has 146 heavy (non-hydrogen) atoms. The number of anilines is 6. The van der Waals surface area contributed by atoms with E-state index in [1.807, 2.05) is 11.3 Å². The van der Waals surface area contributed by atoms with Gasteiger partial charge >= 0.3 is 0 Å². The van der Waals surface area contributed by atoms with E-state index in [4.69, 9.17) is 0 Å². The monoisotopic (exact) mass is 1880 g/mol. The molecule has 0 fully saturated rings. The van der Waals surface area contributed by atoms with E-state index >= 15 is 0 Å². The van der Waals surface area contributed by atoms with Gasteiger partial charge in [-0.15, -0.1) is 11.3 Å². The summed E-state index contributed by atoms with van der Waals surface area (Å²) in [4.78, 5) is 4.95. The van der Waals surface area contributed by atoms with E-state index in [-0.39, 0.29) is 10.8 Å². The number of nitrogens with zero attached hydrogens (tertiary/aromatic N) is 3. The van der Waals surface area contributed by atoms with Crippen LogP contribution in [0.4, 0.5) is 34.1 Å². The summed E-state index contributed by atoms with van der Waals surface area (Å²) < 4.78 is 5.03. The molecule has 4 heteroatoms.